The highest BCUT2D eigenvalue weighted by Crippen LogP contribution is 2.58. The molecule has 0 bridgehead atoms. The van der Waals surface area contributed by atoms with E-state index in [1.807, 2.05) is 39.8 Å². The molecule has 1 fully saturated rings. The van der Waals surface area contributed by atoms with Crippen LogP contribution >= 0.6 is 0 Å². The van der Waals surface area contributed by atoms with Crippen molar-refractivity contribution in [3.63, 3.8) is 0 Å². The summed E-state index contributed by atoms with van der Waals surface area (Å²) in [6, 6.07) is 7.08. The van der Waals surface area contributed by atoms with E-state index in [-0.39, 0.29) is 41.5 Å². The molecule has 1 heterocycles. The first kappa shape index (κ1) is 26.2. The highest BCUT2D eigenvalue weighted by molar-refractivity contribution is 7.99. The van der Waals surface area contributed by atoms with Crippen LogP contribution in [0.1, 0.15) is 74.5 Å². The van der Waals surface area contributed by atoms with Crippen molar-refractivity contribution in [3.8, 4) is 11.5 Å². The SMILES string of the molecule is C=S(C)(=O)c1cc(C(=O)CN2C(=N)c3c(cc(OCC)c(OCC)c3F)C23CC3)cc(C(C)(C)C)c1. The van der Waals surface area contributed by atoms with Gasteiger partial charge < -0.3 is 14.4 Å². The van der Waals surface area contributed by atoms with E-state index < -0.39 is 20.9 Å². The van der Waals surface area contributed by atoms with Crippen molar-refractivity contribution in [1.82, 2.24) is 4.90 Å². The molecule has 1 unspecified atom stereocenters. The van der Waals surface area contributed by atoms with E-state index in [1.165, 1.54) is 0 Å². The van der Waals surface area contributed by atoms with Gasteiger partial charge >= 0.3 is 0 Å². The average molecular weight is 515 g/mol. The summed E-state index contributed by atoms with van der Waals surface area (Å²) in [6.45, 7) is 10.2. The van der Waals surface area contributed by atoms with Gasteiger partial charge in [0.1, 0.15) is 5.84 Å². The number of hydrogen-bond donors (Lipinski definition) is 1. The molecule has 4 rings (SSSR count). The zero-order valence-corrected chi connectivity index (χ0v) is 22.7. The van der Waals surface area contributed by atoms with Crippen LogP contribution in [0.3, 0.4) is 0 Å². The van der Waals surface area contributed by atoms with Crippen molar-refractivity contribution in [2.24, 2.45) is 0 Å². The molecule has 6 nitrogen and oxygen atoms in total. The minimum absolute atomic E-state index is 0.00231. The predicted molar refractivity (Wildman–Crippen MR) is 142 cm³/mol. The Labute approximate surface area is 213 Å². The van der Waals surface area contributed by atoms with Crippen LogP contribution in [0, 0.1) is 11.2 Å². The number of carbonyl (C=O) groups excluding carboxylic acids is 1. The van der Waals surface area contributed by atoms with Crippen molar-refractivity contribution >= 4 is 27.0 Å². The maximum Gasteiger partial charge on any atom is 0.197 e. The molecule has 2 aliphatic rings. The molecular formula is C28H35FN2O4S. The molecule has 1 saturated carbocycles. The number of amidine groups is 1. The zero-order chi connectivity index (χ0) is 26.6. The average Bonchev–Trinajstić information content (AvgIpc) is 3.55. The van der Waals surface area contributed by atoms with Crippen molar-refractivity contribution in [2.45, 2.75) is 63.3 Å². The van der Waals surface area contributed by atoms with Crippen LogP contribution in [0.15, 0.2) is 29.2 Å². The lowest BCUT2D eigenvalue weighted by atomic mass is 9.86. The highest BCUT2D eigenvalue weighted by Gasteiger charge is 2.58. The molecule has 8 heteroatoms. The zero-order valence-electron chi connectivity index (χ0n) is 21.9. The lowest BCUT2D eigenvalue weighted by molar-refractivity contribution is 0.0943. The Morgan fingerprint density at radius 1 is 1.17 bits per heavy atom. The number of benzene rings is 2. The minimum atomic E-state index is -2.55. The molecule has 0 saturated heterocycles. The second kappa shape index (κ2) is 8.91. The molecular weight excluding hydrogens is 479 g/mol. The molecule has 1 N–H and O–H groups in total. The number of rotatable bonds is 8. The maximum atomic E-state index is 15.7. The number of ketones is 1. The first-order chi connectivity index (χ1) is 16.7. The van der Waals surface area contributed by atoms with Crippen molar-refractivity contribution in [3.05, 3.63) is 52.3 Å². The number of halogens is 1. The summed E-state index contributed by atoms with van der Waals surface area (Å²) >= 11 is 0. The van der Waals surface area contributed by atoms with Crippen LogP contribution < -0.4 is 9.47 Å². The number of Topliss-reactive ketones (excluding diaryl/α,β-unsaturated/α-hetero) is 1. The Hall–Kier alpha value is -2.87. The molecule has 2 aromatic rings. The van der Waals surface area contributed by atoms with Gasteiger partial charge in [-0.3, -0.25) is 14.4 Å². The molecule has 36 heavy (non-hydrogen) atoms. The number of carbonyl (C=O) groups is 1. The normalized spacial score (nSPS) is 17.6. The standard InChI is InChI=1S/C28H35FN2O4S/c1-8-34-22-15-20-23(24(29)25(22)35-9-2)26(30)31(28(20)10-11-28)16-21(32)17-12-18(27(3,4)5)14-19(13-17)36(6,7)33/h12-15,30H,6,8-11,16H2,1-5,7H3. The first-order valence-electron chi connectivity index (χ1n) is 12.2. The van der Waals surface area contributed by atoms with Crippen LogP contribution in [0.25, 0.3) is 0 Å². The Morgan fingerprint density at radius 3 is 2.33 bits per heavy atom. The molecule has 0 aromatic heterocycles. The Morgan fingerprint density at radius 2 is 1.81 bits per heavy atom. The van der Waals surface area contributed by atoms with Gasteiger partial charge in [-0.15, -0.1) is 0 Å². The van der Waals surface area contributed by atoms with Crippen LogP contribution in [-0.4, -0.2) is 52.6 Å². The first-order valence-corrected chi connectivity index (χ1v) is 14.4. The number of nitrogens with zero attached hydrogens (tertiary/aromatic N) is 1. The van der Waals surface area contributed by atoms with Gasteiger partial charge in [0.2, 0.25) is 0 Å². The van der Waals surface area contributed by atoms with E-state index in [2.05, 4.69) is 5.87 Å². The fourth-order valence-electron chi connectivity index (χ4n) is 4.81. The summed E-state index contributed by atoms with van der Waals surface area (Å²) in [7, 11) is -2.55. The third-order valence-electron chi connectivity index (χ3n) is 6.92. The summed E-state index contributed by atoms with van der Waals surface area (Å²) in [6.07, 6.45) is 2.98. The maximum absolute atomic E-state index is 15.7. The van der Waals surface area contributed by atoms with E-state index in [9.17, 15) is 9.00 Å². The third kappa shape index (κ3) is 4.40. The summed E-state index contributed by atoms with van der Waals surface area (Å²) < 4.78 is 39.7. The second-order valence-electron chi connectivity index (χ2n) is 10.7. The van der Waals surface area contributed by atoms with Gasteiger partial charge in [0, 0.05) is 16.7 Å². The highest BCUT2D eigenvalue weighted by atomic mass is 32.2. The lowest BCUT2D eigenvalue weighted by Gasteiger charge is -2.27. The summed E-state index contributed by atoms with van der Waals surface area (Å²) in [4.78, 5) is 15.8. The molecule has 1 spiro atoms. The topological polar surface area (TPSA) is 79.7 Å². The Balaban J connectivity index is 1.75. The van der Waals surface area contributed by atoms with E-state index in [0.717, 1.165) is 5.56 Å². The molecule has 1 atom stereocenters. The Bertz CT molecular complexity index is 1350. The van der Waals surface area contributed by atoms with Crippen LogP contribution in [0.4, 0.5) is 4.39 Å². The van der Waals surface area contributed by atoms with Gasteiger partial charge in [0.25, 0.3) is 0 Å². The summed E-state index contributed by atoms with van der Waals surface area (Å²) in [5, 5.41) is 8.85. The molecule has 0 radical (unpaired) electrons. The third-order valence-corrected chi connectivity index (χ3v) is 8.15. The minimum Gasteiger partial charge on any atom is -0.490 e. The lowest BCUT2D eigenvalue weighted by Crippen LogP contribution is -2.38. The number of nitrogens with one attached hydrogen (secondary N) is 1. The van der Waals surface area contributed by atoms with Gasteiger partial charge in [0.15, 0.2) is 23.1 Å². The molecule has 194 valence electrons. The number of ether oxygens (including phenoxy) is 2. The smallest absolute Gasteiger partial charge is 0.197 e. The van der Waals surface area contributed by atoms with E-state index in [1.54, 1.807) is 30.2 Å². The monoisotopic (exact) mass is 514 g/mol. The number of fused-ring (bicyclic) bond motifs is 2. The molecule has 0 amide bonds. The molecule has 1 aliphatic carbocycles. The quantitative estimate of drug-likeness (QED) is 0.390. The van der Waals surface area contributed by atoms with Crippen LogP contribution in [0.2, 0.25) is 0 Å². The van der Waals surface area contributed by atoms with Gasteiger partial charge in [-0.1, -0.05) is 20.8 Å². The van der Waals surface area contributed by atoms with Crippen LogP contribution in [0.5, 0.6) is 11.5 Å². The van der Waals surface area contributed by atoms with E-state index in [4.69, 9.17) is 14.9 Å². The van der Waals surface area contributed by atoms with E-state index >= 15 is 4.39 Å². The largest absolute Gasteiger partial charge is 0.490 e. The van der Waals surface area contributed by atoms with Crippen molar-refractivity contribution in [2.75, 3.05) is 26.0 Å². The van der Waals surface area contributed by atoms with Crippen molar-refractivity contribution < 1.29 is 22.9 Å². The summed E-state index contributed by atoms with van der Waals surface area (Å²) in [5.74, 6) is 3.26. The van der Waals surface area contributed by atoms with Crippen LogP contribution in [-0.2, 0) is 20.5 Å². The predicted octanol–water partition coefficient (Wildman–Crippen LogP) is 5.14. The molecule has 1 aliphatic heterocycles. The molecule has 2 aromatic carbocycles. The fraction of sp³-hybridized carbons (Fsp3) is 0.464. The van der Waals surface area contributed by atoms with Gasteiger partial charge in [-0.25, -0.2) is 4.39 Å². The van der Waals surface area contributed by atoms with Gasteiger partial charge in [0.05, 0.1) is 30.9 Å². The second-order valence-corrected chi connectivity index (χ2v) is 13.2. The fourth-order valence-corrected chi connectivity index (χ4v) is 5.56. The van der Waals surface area contributed by atoms with Gasteiger partial charge in [-0.2, -0.15) is 0 Å². The van der Waals surface area contributed by atoms with Gasteiger partial charge in [-0.05, 0) is 82.9 Å². The Kier molecular flexibility index (Phi) is 6.48. The summed E-state index contributed by atoms with van der Waals surface area (Å²) in [5.41, 5.74) is 1.28. The van der Waals surface area contributed by atoms with Crippen molar-refractivity contribution in [1.29, 1.82) is 5.41 Å². The number of hydrogen-bond acceptors (Lipinski definition) is 5. The van der Waals surface area contributed by atoms with E-state index in [0.29, 0.717) is 41.2 Å².